The van der Waals surface area contributed by atoms with Crippen molar-refractivity contribution in [2.24, 2.45) is 0 Å². The van der Waals surface area contributed by atoms with Gasteiger partial charge in [-0.25, -0.2) is 8.42 Å². The Morgan fingerprint density at radius 3 is 1.61 bits per heavy atom. The first kappa shape index (κ1) is 25.5. The van der Waals surface area contributed by atoms with Crippen LogP contribution in [0.15, 0.2) is 71.6 Å². The molecule has 5 heteroatoms. The molecule has 3 nitrogen and oxygen atoms in total. The van der Waals surface area contributed by atoms with Crippen LogP contribution in [0, 0.1) is 0 Å². The zero-order valence-electron chi connectivity index (χ0n) is 20.3. The molecule has 0 aliphatic rings. The lowest BCUT2D eigenvalue weighted by Crippen LogP contribution is -2.31. The van der Waals surface area contributed by atoms with E-state index in [1.54, 1.807) is 12.1 Å². The van der Waals surface area contributed by atoms with Gasteiger partial charge < -0.3 is 0 Å². The first-order valence-corrected chi connectivity index (χ1v) is 13.4. The third-order valence-corrected chi connectivity index (χ3v) is 7.76. The number of hydrogen-bond acceptors (Lipinski definition) is 2. The average molecular weight is 484 g/mol. The highest BCUT2D eigenvalue weighted by atomic mass is 35.5. The van der Waals surface area contributed by atoms with Crippen LogP contribution in [0.4, 0.5) is 0 Å². The molecule has 1 atom stereocenters. The first-order valence-electron chi connectivity index (χ1n) is 11.5. The molecule has 176 valence electrons. The van der Waals surface area contributed by atoms with Gasteiger partial charge in [0.1, 0.15) is 0 Å². The fraction of sp³-hybridized carbons (Fsp3) is 0.357. The average Bonchev–Trinajstić information content (AvgIpc) is 2.77. The second kappa shape index (κ2) is 10.4. The zero-order valence-corrected chi connectivity index (χ0v) is 21.8. The number of benzene rings is 3. The van der Waals surface area contributed by atoms with Crippen molar-refractivity contribution >= 4 is 21.6 Å². The van der Waals surface area contributed by atoms with Crippen molar-refractivity contribution < 1.29 is 8.42 Å². The minimum Gasteiger partial charge on any atom is -0.207 e. The van der Waals surface area contributed by atoms with Crippen LogP contribution >= 0.6 is 11.6 Å². The van der Waals surface area contributed by atoms with E-state index in [4.69, 9.17) is 11.6 Å². The Bertz CT molecular complexity index is 1160. The fourth-order valence-electron chi connectivity index (χ4n) is 4.04. The van der Waals surface area contributed by atoms with Crippen molar-refractivity contribution in [1.82, 2.24) is 4.72 Å². The largest absolute Gasteiger partial charge is 0.242 e. The summed E-state index contributed by atoms with van der Waals surface area (Å²) in [5.74, 6) is 0.452. The number of halogens is 1. The lowest BCUT2D eigenvalue weighted by Gasteiger charge is -2.26. The van der Waals surface area contributed by atoms with Crippen LogP contribution in [-0.2, 0) is 10.0 Å². The molecule has 0 saturated carbocycles. The molecule has 0 aromatic heterocycles. The topological polar surface area (TPSA) is 46.2 Å². The first-order chi connectivity index (χ1) is 15.5. The number of sulfonamides is 1. The molecule has 1 unspecified atom stereocenters. The van der Waals surface area contributed by atoms with Gasteiger partial charge in [0.15, 0.2) is 0 Å². The lowest BCUT2D eigenvalue weighted by molar-refractivity contribution is 0.567. The highest BCUT2D eigenvalue weighted by Crippen LogP contribution is 2.36. The van der Waals surface area contributed by atoms with Gasteiger partial charge in [-0.05, 0) is 57.7 Å². The minimum absolute atomic E-state index is 0.0680. The van der Waals surface area contributed by atoms with Gasteiger partial charge in [0.25, 0.3) is 0 Å². The van der Waals surface area contributed by atoms with Gasteiger partial charge in [-0.2, -0.15) is 4.72 Å². The van der Waals surface area contributed by atoms with Crippen molar-refractivity contribution in [3.05, 3.63) is 99.6 Å². The lowest BCUT2D eigenvalue weighted by atomic mass is 9.89. The SMILES string of the molecule is CC(C)c1cc(C(C)C)c(S(=O)(=O)NC(c2ccccc2)c2ccc(Cl)cc2)c(C(C)C)c1. The van der Waals surface area contributed by atoms with Crippen molar-refractivity contribution in [2.75, 3.05) is 0 Å². The molecule has 0 amide bonds. The Kier molecular flexibility index (Phi) is 8.04. The van der Waals surface area contributed by atoms with E-state index < -0.39 is 16.1 Å². The highest BCUT2D eigenvalue weighted by Gasteiger charge is 2.30. The highest BCUT2D eigenvalue weighted by molar-refractivity contribution is 7.89. The van der Waals surface area contributed by atoms with E-state index in [1.165, 1.54) is 5.56 Å². The third kappa shape index (κ3) is 5.87. The summed E-state index contributed by atoms with van der Waals surface area (Å²) < 4.78 is 31.1. The van der Waals surface area contributed by atoms with E-state index in [-0.39, 0.29) is 11.8 Å². The monoisotopic (exact) mass is 483 g/mol. The maximum Gasteiger partial charge on any atom is 0.242 e. The van der Waals surface area contributed by atoms with Crippen LogP contribution in [0.5, 0.6) is 0 Å². The van der Waals surface area contributed by atoms with Gasteiger partial charge >= 0.3 is 0 Å². The molecule has 3 aromatic rings. The minimum atomic E-state index is -3.84. The molecule has 3 rings (SSSR count). The predicted octanol–water partition coefficient (Wildman–Crippen LogP) is 7.78. The van der Waals surface area contributed by atoms with Gasteiger partial charge in [-0.3, -0.25) is 0 Å². The molecular formula is C28H34ClNO2S. The van der Waals surface area contributed by atoms with Crippen molar-refractivity contribution in [3.63, 3.8) is 0 Å². The molecule has 0 bridgehead atoms. The van der Waals surface area contributed by atoms with E-state index >= 15 is 0 Å². The molecule has 1 N–H and O–H groups in total. The fourth-order valence-corrected chi connectivity index (χ4v) is 6.08. The number of nitrogens with one attached hydrogen (secondary N) is 1. The van der Waals surface area contributed by atoms with Crippen molar-refractivity contribution in [2.45, 2.75) is 70.2 Å². The van der Waals surface area contributed by atoms with Crippen molar-refractivity contribution in [1.29, 1.82) is 0 Å². The molecule has 0 aliphatic carbocycles. The Hall–Kier alpha value is -2.14. The summed E-state index contributed by atoms with van der Waals surface area (Å²) in [6.45, 7) is 12.5. The van der Waals surface area contributed by atoms with Gasteiger partial charge in [0, 0.05) is 5.02 Å². The molecular weight excluding hydrogens is 450 g/mol. The van der Waals surface area contributed by atoms with Gasteiger partial charge in [0.2, 0.25) is 10.0 Å². The van der Waals surface area contributed by atoms with Crippen LogP contribution in [0.25, 0.3) is 0 Å². The summed E-state index contributed by atoms with van der Waals surface area (Å²) in [5.41, 5.74) is 4.60. The molecule has 0 aliphatic heterocycles. The summed E-state index contributed by atoms with van der Waals surface area (Å²) >= 11 is 6.10. The summed E-state index contributed by atoms with van der Waals surface area (Å²) in [4.78, 5) is 0.409. The van der Waals surface area contributed by atoms with E-state index in [9.17, 15) is 8.42 Å². The van der Waals surface area contributed by atoms with Gasteiger partial charge in [-0.1, -0.05) is 108 Å². The zero-order chi connectivity index (χ0) is 24.3. The molecule has 0 radical (unpaired) electrons. The number of rotatable bonds is 8. The molecule has 0 heterocycles. The Labute approximate surface area is 204 Å². The predicted molar refractivity (Wildman–Crippen MR) is 139 cm³/mol. The molecule has 33 heavy (non-hydrogen) atoms. The van der Waals surface area contributed by atoms with E-state index in [0.717, 1.165) is 22.3 Å². The van der Waals surface area contributed by atoms with Gasteiger partial charge in [-0.15, -0.1) is 0 Å². The summed E-state index contributed by atoms with van der Waals surface area (Å²) in [6, 6.07) is 20.6. The molecule has 3 aromatic carbocycles. The van der Waals surface area contributed by atoms with Crippen molar-refractivity contribution in [3.8, 4) is 0 Å². The van der Waals surface area contributed by atoms with E-state index in [0.29, 0.717) is 15.8 Å². The normalized spacial score (nSPS) is 13.2. The van der Waals surface area contributed by atoms with E-state index in [2.05, 4.69) is 58.4 Å². The standard InChI is InChI=1S/C28H34ClNO2S/c1-18(2)23-16-25(19(3)4)28(26(17-23)20(5)6)33(31,32)30-27(21-10-8-7-9-11-21)22-12-14-24(29)15-13-22/h7-20,27,30H,1-6H3. The van der Waals surface area contributed by atoms with Gasteiger partial charge in [0.05, 0.1) is 10.9 Å². The van der Waals surface area contributed by atoms with Crippen LogP contribution < -0.4 is 4.72 Å². The smallest absolute Gasteiger partial charge is 0.207 e. The van der Waals surface area contributed by atoms with E-state index in [1.807, 2.05) is 42.5 Å². The third-order valence-electron chi connectivity index (χ3n) is 5.96. The summed E-state index contributed by atoms with van der Waals surface area (Å²) in [5, 5.41) is 0.613. The summed E-state index contributed by atoms with van der Waals surface area (Å²) in [6.07, 6.45) is 0. The van der Waals surface area contributed by atoms with Crippen LogP contribution in [-0.4, -0.2) is 8.42 Å². The second-order valence-corrected chi connectivity index (χ2v) is 11.6. The molecule has 0 spiro atoms. The molecule has 0 saturated heterocycles. The maximum atomic E-state index is 14.1. The van der Waals surface area contributed by atoms with Crippen LogP contribution in [0.2, 0.25) is 5.02 Å². The van der Waals surface area contributed by atoms with Crippen LogP contribution in [0.1, 0.15) is 93.2 Å². The Morgan fingerprint density at radius 2 is 1.15 bits per heavy atom. The Morgan fingerprint density at radius 1 is 0.667 bits per heavy atom. The summed E-state index contributed by atoms with van der Waals surface area (Å²) in [7, 11) is -3.84. The number of hydrogen-bond donors (Lipinski definition) is 1. The second-order valence-electron chi connectivity index (χ2n) is 9.51. The maximum absolute atomic E-state index is 14.1. The quantitative estimate of drug-likeness (QED) is 0.355. The van der Waals surface area contributed by atoms with Crippen LogP contribution in [0.3, 0.4) is 0 Å². The Balaban J connectivity index is 2.20. The molecule has 0 fully saturated rings.